The fourth-order valence-corrected chi connectivity index (χ4v) is 3.94. The number of rotatable bonds is 2. The number of alkyl halides is 1. The van der Waals surface area contributed by atoms with Crippen molar-refractivity contribution in [3.05, 3.63) is 34.9 Å². The minimum absolute atomic E-state index is 0.436. The van der Waals surface area contributed by atoms with Crippen molar-refractivity contribution in [1.29, 1.82) is 0 Å². The van der Waals surface area contributed by atoms with Gasteiger partial charge in [0.2, 0.25) is 0 Å². The van der Waals surface area contributed by atoms with Crippen molar-refractivity contribution < 1.29 is 0 Å². The van der Waals surface area contributed by atoms with E-state index in [4.69, 9.17) is 11.6 Å². The van der Waals surface area contributed by atoms with Crippen LogP contribution >= 0.6 is 27.5 Å². The molecule has 3 atom stereocenters. The Morgan fingerprint density at radius 1 is 1.16 bits per heavy atom. The standard InChI is InChI=1S/C17H24BrCl/c1-17(2,3)14-6-9-16(18)13(11-14)10-12-4-7-15(19)8-5-12/h4-5,7-8,13-14,16H,6,9-11H2,1-3H3. The molecular weight excluding hydrogens is 320 g/mol. The molecular formula is C17H24BrCl. The number of benzene rings is 1. The average molecular weight is 344 g/mol. The van der Waals surface area contributed by atoms with E-state index in [-0.39, 0.29) is 0 Å². The maximum atomic E-state index is 5.96. The molecule has 0 aliphatic heterocycles. The number of halogens is 2. The van der Waals surface area contributed by atoms with Gasteiger partial charge in [-0.25, -0.2) is 0 Å². The topological polar surface area (TPSA) is 0 Å². The highest BCUT2D eigenvalue weighted by Crippen LogP contribution is 2.43. The third-order valence-corrected chi connectivity index (χ3v) is 5.98. The average Bonchev–Trinajstić information content (AvgIpc) is 2.33. The lowest BCUT2D eigenvalue weighted by Crippen LogP contribution is -2.33. The second-order valence-electron chi connectivity index (χ2n) is 6.98. The Labute approximate surface area is 131 Å². The molecule has 1 aromatic carbocycles. The van der Waals surface area contributed by atoms with E-state index in [0.717, 1.165) is 16.9 Å². The van der Waals surface area contributed by atoms with Gasteiger partial charge in [-0.1, -0.05) is 60.4 Å². The molecule has 1 aliphatic carbocycles. The summed E-state index contributed by atoms with van der Waals surface area (Å²) in [6.45, 7) is 7.14. The predicted octanol–water partition coefficient (Wildman–Crippen LogP) is 6.11. The Morgan fingerprint density at radius 3 is 2.37 bits per heavy atom. The van der Waals surface area contributed by atoms with Crippen LogP contribution in [0.3, 0.4) is 0 Å². The largest absolute Gasteiger partial charge is 0.0888 e. The number of hydrogen-bond acceptors (Lipinski definition) is 0. The summed E-state index contributed by atoms with van der Waals surface area (Å²) in [6, 6.07) is 8.35. The van der Waals surface area contributed by atoms with Crippen LogP contribution in [-0.4, -0.2) is 4.83 Å². The Bertz CT molecular complexity index is 404. The fraction of sp³-hybridized carbons (Fsp3) is 0.647. The highest BCUT2D eigenvalue weighted by atomic mass is 79.9. The van der Waals surface area contributed by atoms with E-state index >= 15 is 0 Å². The van der Waals surface area contributed by atoms with Gasteiger partial charge in [0.15, 0.2) is 0 Å². The van der Waals surface area contributed by atoms with Crippen LogP contribution in [-0.2, 0) is 6.42 Å². The fourth-order valence-electron chi connectivity index (χ4n) is 3.15. The van der Waals surface area contributed by atoms with Crippen molar-refractivity contribution in [1.82, 2.24) is 0 Å². The van der Waals surface area contributed by atoms with Gasteiger partial charge in [0.05, 0.1) is 0 Å². The first-order valence-corrected chi connectivity index (χ1v) is 8.54. The van der Waals surface area contributed by atoms with Crippen LogP contribution in [0.2, 0.25) is 5.02 Å². The Balaban J connectivity index is 2.03. The first kappa shape index (κ1) is 15.4. The summed E-state index contributed by atoms with van der Waals surface area (Å²) in [6.07, 6.45) is 5.17. The lowest BCUT2D eigenvalue weighted by atomic mass is 9.68. The van der Waals surface area contributed by atoms with Crippen molar-refractivity contribution in [3.63, 3.8) is 0 Å². The maximum Gasteiger partial charge on any atom is 0.0406 e. The summed E-state index contributed by atoms with van der Waals surface area (Å²) in [4.78, 5) is 0.668. The zero-order valence-corrected chi connectivity index (χ0v) is 14.5. The van der Waals surface area contributed by atoms with Crippen molar-refractivity contribution in [2.45, 2.75) is 51.3 Å². The predicted molar refractivity (Wildman–Crippen MR) is 88.2 cm³/mol. The molecule has 0 N–H and O–H groups in total. The lowest BCUT2D eigenvalue weighted by Gasteiger charge is -2.40. The summed E-state index contributed by atoms with van der Waals surface area (Å²) in [5, 5.41) is 0.829. The molecule has 0 spiro atoms. The van der Waals surface area contributed by atoms with Gasteiger partial charge in [0, 0.05) is 9.85 Å². The quantitative estimate of drug-likeness (QED) is 0.568. The van der Waals surface area contributed by atoms with Crippen LogP contribution in [0.25, 0.3) is 0 Å². The van der Waals surface area contributed by atoms with Gasteiger partial charge in [-0.2, -0.15) is 0 Å². The van der Waals surface area contributed by atoms with Crippen LogP contribution in [0.5, 0.6) is 0 Å². The van der Waals surface area contributed by atoms with E-state index in [0.29, 0.717) is 10.2 Å². The summed E-state index contributed by atoms with van der Waals surface area (Å²) >= 11 is 9.85. The van der Waals surface area contributed by atoms with Crippen molar-refractivity contribution in [3.8, 4) is 0 Å². The zero-order valence-electron chi connectivity index (χ0n) is 12.1. The molecule has 1 aliphatic rings. The van der Waals surface area contributed by atoms with Gasteiger partial charge in [0.1, 0.15) is 0 Å². The third-order valence-electron chi connectivity index (χ3n) is 4.53. The SMILES string of the molecule is CC(C)(C)C1CCC(Br)C(Cc2ccc(Cl)cc2)C1. The second-order valence-corrected chi connectivity index (χ2v) is 8.60. The smallest absolute Gasteiger partial charge is 0.0406 e. The molecule has 0 aromatic heterocycles. The summed E-state index contributed by atoms with van der Waals surface area (Å²) < 4.78 is 0. The second kappa shape index (κ2) is 6.18. The van der Waals surface area contributed by atoms with E-state index in [2.05, 4.69) is 48.8 Å². The minimum atomic E-state index is 0.436. The molecule has 1 aromatic rings. The molecule has 0 radical (unpaired) electrons. The van der Waals surface area contributed by atoms with Gasteiger partial charge in [-0.15, -0.1) is 0 Å². The van der Waals surface area contributed by atoms with E-state index in [1.165, 1.54) is 31.2 Å². The molecule has 106 valence electrons. The Hall–Kier alpha value is -0.0100. The van der Waals surface area contributed by atoms with Gasteiger partial charge in [-0.3, -0.25) is 0 Å². The van der Waals surface area contributed by atoms with Gasteiger partial charge in [0.25, 0.3) is 0 Å². The highest BCUT2D eigenvalue weighted by Gasteiger charge is 2.34. The van der Waals surface area contributed by atoms with E-state index in [9.17, 15) is 0 Å². The van der Waals surface area contributed by atoms with Crippen molar-refractivity contribution in [2.75, 3.05) is 0 Å². The van der Waals surface area contributed by atoms with Crippen LogP contribution in [0.4, 0.5) is 0 Å². The zero-order chi connectivity index (χ0) is 14.0. The van der Waals surface area contributed by atoms with Crippen molar-refractivity contribution >= 4 is 27.5 Å². The first-order valence-electron chi connectivity index (χ1n) is 7.25. The van der Waals surface area contributed by atoms with Gasteiger partial charge in [-0.05, 0) is 60.6 Å². The normalized spacial score (nSPS) is 28.4. The Kier molecular flexibility index (Phi) is 5.00. The van der Waals surface area contributed by atoms with Gasteiger partial charge < -0.3 is 0 Å². The maximum absolute atomic E-state index is 5.96. The van der Waals surface area contributed by atoms with E-state index in [1.54, 1.807) is 0 Å². The van der Waals surface area contributed by atoms with Crippen LogP contribution in [0, 0.1) is 17.3 Å². The lowest BCUT2D eigenvalue weighted by molar-refractivity contribution is 0.146. The van der Waals surface area contributed by atoms with Crippen molar-refractivity contribution in [2.24, 2.45) is 17.3 Å². The number of hydrogen-bond donors (Lipinski definition) is 0. The molecule has 0 nitrogen and oxygen atoms in total. The molecule has 0 bridgehead atoms. The molecule has 0 amide bonds. The van der Waals surface area contributed by atoms with E-state index < -0.39 is 0 Å². The molecule has 1 fully saturated rings. The third kappa shape index (κ3) is 4.23. The molecule has 2 heteroatoms. The Morgan fingerprint density at radius 2 is 1.79 bits per heavy atom. The van der Waals surface area contributed by atoms with E-state index in [1.807, 2.05) is 12.1 Å². The molecule has 2 rings (SSSR count). The van der Waals surface area contributed by atoms with Crippen LogP contribution in [0.1, 0.15) is 45.6 Å². The first-order chi connectivity index (χ1) is 8.86. The van der Waals surface area contributed by atoms with Crippen LogP contribution < -0.4 is 0 Å². The monoisotopic (exact) mass is 342 g/mol. The molecule has 19 heavy (non-hydrogen) atoms. The minimum Gasteiger partial charge on any atom is -0.0888 e. The molecule has 3 unspecified atom stereocenters. The highest BCUT2D eigenvalue weighted by molar-refractivity contribution is 9.09. The summed E-state index contributed by atoms with van der Waals surface area (Å²) in [5.74, 6) is 1.60. The molecule has 0 saturated heterocycles. The molecule has 1 saturated carbocycles. The van der Waals surface area contributed by atoms with Crippen LogP contribution in [0.15, 0.2) is 24.3 Å². The summed E-state index contributed by atoms with van der Waals surface area (Å²) in [5.41, 5.74) is 1.85. The molecule has 0 heterocycles. The van der Waals surface area contributed by atoms with Gasteiger partial charge >= 0.3 is 0 Å². The summed E-state index contributed by atoms with van der Waals surface area (Å²) in [7, 11) is 0.